The van der Waals surface area contributed by atoms with E-state index in [0.717, 1.165) is 8.95 Å². The monoisotopic (exact) mass is 345 g/mol. The first-order chi connectivity index (χ1) is 7.58. The quantitative estimate of drug-likeness (QED) is 0.908. The minimum atomic E-state index is -0.816. The molecule has 0 spiro atoms. The maximum Gasteiger partial charge on any atom is 0.141 e. The molecule has 1 N–H and O–H groups in total. The molecule has 0 fully saturated rings. The highest BCUT2D eigenvalue weighted by molar-refractivity contribution is 9.11. The van der Waals surface area contributed by atoms with Crippen LogP contribution >= 0.6 is 31.9 Å². The van der Waals surface area contributed by atoms with Crippen LogP contribution in [0.2, 0.25) is 0 Å². The summed E-state index contributed by atoms with van der Waals surface area (Å²) in [5, 5.41) is 14.2. The first-order valence-corrected chi connectivity index (χ1v) is 6.15. The SMILES string of the molecule is Cn1ccc(C(O)c2ncc(Br)cc2Br)n1. The number of hydrogen-bond acceptors (Lipinski definition) is 3. The van der Waals surface area contributed by atoms with Gasteiger partial charge in [0.1, 0.15) is 6.10 Å². The number of aryl methyl sites for hydroxylation is 1. The molecule has 0 bridgehead atoms. The third-order valence-electron chi connectivity index (χ3n) is 2.11. The summed E-state index contributed by atoms with van der Waals surface area (Å²) >= 11 is 6.68. The molecule has 16 heavy (non-hydrogen) atoms. The zero-order chi connectivity index (χ0) is 11.7. The van der Waals surface area contributed by atoms with E-state index < -0.39 is 6.10 Å². The number of halogens is 2. The van der Waals surface area contributed by atoms with Crippen LogP contribution in [-0.4, -0.2) is 19.9 Å². The molecular weight excluding hydrogens is 338 g/mol. The van der Waals surface area contributed by atoms with Crippen LogP contribution in [0.1, 0.15) is 17.5 Å². The van der Waals surface area contributed by atoms with Crippen molar-refractivity contribution >= 4 is 31.9 Å². The fraction of sp³-hybridized carbons (Fsp3) is 0.200. The predicted octanol–water partition coefficient (Wildman–Crippen LogP) is 2.42. The Labute approximate surface area is 110 Å². The second-order valence-corrected chi connectivity index (χ2v) is 5.11. The summed E-state index contributed by atoms with van der Waals surface area (Å²) in [6, 6.07) is 3.61. The zero-order valence-corrected chi connectivity index (χ0v) is 11.6. The summed E-state index contributed by atoms with van der Waals surface area (Å²) in [5.74, 6) is 0. The van der Waals surface area contributed by atoms with Gasteiger partial charge in [-0.15, -0.1) is 0 Å². The Bertz CT molecular complexity index is 513. The first-order valence-electron chi connectivity index (χ1n) is 4.56. The van der Waals surface area contributed by atoms with Crippen molar-refractivity contribution in [2.45, 2.75) is 6.10 Å². The third kappa shape index (κ3) is 2.34. The van der Waals surface area contributed by atoms with Gasteiger partial charge in [-0.3, -0.25) is 9.67 Å². The largest absolute Gasteiger partial charge is 0.380 e. The Morgan fingerprint density at radius 1 is 1.44 bits per heavy atom. The van der Waals surface area contributed by atoms with E-state index in [9.17, 15) is 5.11 Å². The second-order valence-electron chi connectivity index (χ2n) is 3.34. The summed E-state index contributed by atoms with van der Waals surface area (Å²) in [7, 11) is 1.81. The fourth-order valence-electron chi connectivity index (χ4n) is 1.35. The van der Waals surface area contributed by atoms with Crippen LogP contribution in [0.5, 0.6) is 0 Å². The molecule has 0 saturated heterocycles. The lowest BCUT2D eigenvalue weighted by Crippen LogP contribution is -2.05. The molecule has 2 aromatic rings. The van der Waals surface area contributed by atoms with Crippen LogP contribution in [0.25, 0.3) is 0 Å². The predicted molar refractivity (Wildman–Crippen MR) is 66.9 cm³/mol. The molecular formula is C10H9Br2N3O. The van der Waals surface area contributed by atoms with Crippen LogP contribution in [0, 0.1) is 0 Å². The summed E-state index contributed by atoms with van der Waals surface area (Å²) in [5.41, 5.74) is 1.14. The molecule has 0 amide bonds. The Morgan fingerprint density at radius 2 is 2.19 bits per heavy atom. The van der Waals surface area contributed by atoms with Crippen molar-refractivity contribution in [3.05, 3.63) is 44.9 Å². The molecule has 2 rings (SSSR count). The van der Waals surface area contributed by atoms with E-state index in [1.807, 2.05) is 6.07 Å². The van der Waals surface area contributed by atoms with E-state index >= 15 is 0 Å². The molecule has 0 aliphatic carbocycles. The molecule has 0 saturated carbocycles. The number of aliphatic hydroxyl groups excluding tert-OH is 1. The van der Waals surface area contributed by atoms with Crippen LogP contribution < -0.4 is 0 Å². The Morgan fingerprint density at radius 3 is 2.75 bits per heavy atom. The van der Waals surface area contributed by atoms with Gasteiger partial charge in [-0.2, -0.15) is 5.10 Å². The van der Waals surface area contributed by atoms with Gasteiger partial charge in [-0.05, 0) is 44.0 Å². The molecule has 0 aromatic carbocycles. The molecule has 84 valence electrons. The molecule has 0 aliphatic heterocycles. The second kappa shape index (κ2) is 4.65. The van der Waals surface area contributed by atoms with Crippen molar-refractivity contribution < 1.29 is 5.11 Å². The summed E-state index contributed by atoms with van der Waals surface area (Å²) in [6.45, 7) is 0. The van der Waals surface area contributed by atoms with Gasteiger partial charge in [0.25, 0.3) is 0 Å². The number of aliphatic hydroxyl groups is 1. The smallest absolute Gasteiger partial charge is 0.141 e. The number of hydrogen-bond donors (Lipinski definition) is 1. The topological polar surface area (TPSA) is 50.9 Å². The summed E-state index contributed by atoms with van der Waals surface area (Å²) in [6.07, 6.45) is 2.61. The molecule has 0 radical (unpaired) electrons. The average Bonchev–Trinajstić information content (AvgIpc) is 2.64. The highest BCUT2D eigenvalue weighted by Crippen LogP contribution is 2.27. The number of rotatable bonds is 2. The Balaban J connectivity index is 2.37. The summed E-state index contributed by atoms with van der Waals surface area (Å²) < 4.78 is 3.25. The maximum absolute atomic E-state index is 10.1. The lowest BCUT2D eigenvalue weighted by atomic mass is 10.2. The van der Waals surface area contributed by atoms with Crippen molar-refractivity contribution in [1.29, 1.82) is 0 Å². The van der Waals surface area contributed by atoms with E-state index in [2.05, 4.69) is 41.9 Å². The molecule has 6 heteroatoms. The molecule has 0 aliphatic rings. The summed E-state index contributed by atoms with van der Waals surface area (Å²) in [4.78, 5) is 4.17. The van der Waals surface area contributed by atoms with Crippen molar-refractivity contribution in [3.8, 4) is 0 Å². The first kappa shape index (κ1) is 11.8. The lowest BCUT2D eigenvalue weighted by Gasteiger charge is -2.09. The zero-order valence-electron chi connectivity index (χ0n) is 8.43. The minimum Gasteiger partial charge on any atom is -0.380 e. The van der Waals surface area contributed by atoms with Crippen molar-refractivity contribution in [2.24, 2.45) is 7.05 Å². The van der Waals surface area contributed by atoms with Gasteiger partial charge in [0.05, 0.1) is 11.4 Å². The van der Waals surface area contributed by atoms with Crippen LogP contribution in [0.15, 0.2) is 33.5 Å². The highest BCUT2D eigenvalue weighted by atomic mass is 79.9. The molecule has 1 unspecified atom stereocenters. The molecule has 2 aromatic heterocycles. The average molecular weight is 347 g/mol. The molecule has 1 atom stereocenters. The molecule has 2 heterocycles. The van der Waals surface area contributed by atoms with Gasteiger partial charge in [0, 0.05) is 28.4 Å². The third-order valence-corrected chi connectivity index (χ3v) is 3.18. The van der Waals surface area contributed by atoms with Gasteiger partial charge >= 0.3 is 0 Å². The maximum atomic E-state index is 10.1. The van der Waals surface area contributed by atoms with Crippen molar-refractivity contribution in [1.82, 2.24) is 14.8 Å². The van der Waals surface area contributed by atoms with Gasteiger partial charge in [0.2, 0.25) is 0 Å². The fourth-order valence-corrected chi connectivity index (χ4v) is 2.55. The van der Waals surface area contributed by atoms with Crippen LogP contribution in [0.4, 0.5) is 0 Å². The standard InChI is InChI=1S/C10H9Br2N3O/c1-15-3-2-8(14-15)10(16)9-7(12)4-6(11)5-13-9/h2-5,10,16H,1H3. The Kier molecular flexibility index (Phi) is 3.41. The van der Waals surface area contributed by atoms with Crippen molar-refractivity contribution in [2.75, 3.05) is 0 Å². The minimum absolute atomic E-state index is 0.557. The van der Waals surface area contributed by atoms with E-state index in [0.29, 0.717) is 11.4 Å². The number of pyridine rings is 1. The van der Waals surface area contributed by atoms with Crippen LogP contribution in [-0.2, 0) is 7.05 Å². The van der Waals surface area contributed by atoms with E-state index in [4.69, 9.17) is 0 Å². The van der Waals surface area contributed by atoms with Gasteiger partial charge in [-0.1, -0.05) is 0 Å². The van der Waals surface area contributed by atoms with E-state index in [1.54, 1.807) is 30.2 Å². The van der Waals surface area contributed by atoms with E-state index in [1.165, 1.54) is 0 Å². The van der Waals surface area contributed by atoms with Gasteiger partial charge < -0.3 is 5.11 Å². The molecule has 4 nitrogen and oxygen atoms in total. The Hall–Kier alpha value is -0.720. The normalized spacial score (nSPS) is 12.8. The van der Waals surface area contributed by atoms with Gasteiger partial charge in [0.15, 0.2) is 0 Å². The highest BCUT2D eigenvalue weighted by Gasteiger charge is 2.17. The van der Waals surface area contributed by atoms with Crippen LogP contribution in [0.3, 0.4) is 0 Å². The number of aromatic nitrogens is 3. The van der Waals surface area contributed by atoms with E-state index in [-0.39, 0.29) is 0 Å². The van der Waals surface area contributed by atoms with Gasteiger partial charge in [-0.25, -0.2) is 0 Å². The van der Waals surface area contributed by atoms with Crippen molar-refractivity contribution in [3.63, 3.8) is 0 Å². The number of nitrogens with zero attached hydrogens (tertiary/aromatic N) is 3. The lowest BCUT2D eigenvalue weighted by molar-refractivity contribution is 0.208.